The SMILES string of the molecule is CCCC1CC(C(C)C)CCC1O.CCCC1CC(O)CC(C(C)C)C1.CCCC1CC(O)CCC1C(C)C.CCCC1CCC(C(C)C)C(O)C1.CCCC1CCC(C(C)C)CC1O.CCCC1CCC(O)C(C(C)C)C1.CCCC1CCCC(C(C)C)C1O.CCCC1CCCC(O)C1C(C)C. The summed E-state index contributed by atoms with van der Waals surface area (Å²) < 4.78 is 0. The smallest absolute Gasteiger partial charge is 0.0598 e. The first-order chi connectivity index (χ1) is 49.2. The van der Waals surface area contributed by atoms with Gasteiger partial charge in [0.25, 0.3) is 0 Å². The van der Waals surface area contributed by atoms with Crippen LogP contribution < -0.4 is 0 Å². The lowest BCUT2D eigenvalue weighted by Crippen LogP contribution is -2.36. The minimum absolute atomic E-state index is 0.00468. The van der Waals surface area contributed by atoms with Gasteiger partial charge in [-0.3, -0.25) is 0 Å². The fourth-order valence-electron chi connectivity index (χ4n) is 21.7. The summed E-state index contributed by atoms with van der Waals surface area (Å²) in [6.07, 6.45) is 48.6. The number of hydrogen-bond acceptors (Lipinski definition) is 8. The monoisotopic (exact) mass is 1470 g/mol. The van der Waals surface area contributed by atoms with Crippen molar-refractivity contribution in [2.75, 3.05) is 0 Å². The van der Waals surface area contributed by atoms with E-state index in [2.05, 4.69) is 166 Å². The van der Waals surface area contributed by atoms with Gasteiger partial charge in [0, 0.05) is 0 Å². The van der Waals surface area contributed by atoms with Crippen LogP contribution >= 0.6 is 0 Å². The number of rotatable bonds is 24. The molecule has 624 valence electrons. The molecule has 8 fully saturated rings. The Bertz CT molecular complexity index is 1930. The molecular weight excluding hydrogens is 1280 g/mol. The van der Waals surface area contributed by atoms with Crippen molar-refractivity contribution in [3.05, 3.63) is 0 Å². The van der Waals surface area contributed by atoms with E-state index < -0.39 is 0 Å². The third kappa shape index (κ3) is 39.9. The van der Waals surface area contributed by atoms with Gasteiger partial charge in [-0.15, -0.1) is 0 Å². The Morgan fingerprint density at radius 3 is 1.17 bits per heavy atom. The molecule has 0 bridgehead atoms. The van der Waals surface area contributed by atoms with E-state index in [4.69, 9.17) is 0 Å². The van der Waals surface area contributed by atoms with E-state index in [1.807, 2.05) is 0 Å². The summed E-state index contributed by atoms with van der Waals surface area (Å²) in [5.41, 5.74) is 0. The van der Waals surface area contributed by atoms with E-state index in [-0.39, 0.29) is 48.8 Å². The van der Waals surface area contributed by atoms with E-state index in [0.29, 0.717) is 65.1 Å². The molecule has 0 spiro atoms. The summed E-state index contributed by atoms with van der Waals surface area (Å²) in [6.45, 7) is 54.2. The normalized spacial score (nSPS) is 35.3. The lowest BCUT2D eigenvalue weighted by Gasteiger charge is -2.38. The second kappa shape index (κ2) is 57.7. The molecule has 24 unspecified atom stereocenters. The van der Waals surface area contributed by atoms with Gasteiger partial charge in [-0.05, 0) is 303 Å². The molecule has 8 saturated carbocycles. The fraction of sp³-hybridized carbons (Fsp3) is 1.00. The van der Waals surface area contributed by atoms with Crippen molar-refractivity contribution < 1.29 is 40.9 Å². The summed E-state index contributed by atoms with van der Waals surface area (Å²) in [6, 6.07) is 0. The maximum Gasteiger partial charge on any atom is 0.0598 e. The number of aliphatic hydroxyl groups is 8. The highest BCUT2D eigenvalue weighted by Gasteiger charge is 2.38. The number of aliphatic hydroxyl groups excluding tert-OH is 8. The second-order valence-corrected chi connectivity index (χ2v) is 39.4. The molecule has 0 aromatic heterocycles. The van der Waals surface area contributed by atoms with E-state index in [1.165, 1.54) is 199 Å². The maximum absolute atomic E-state index is 10.1. The van der Waals surface area contributed by atoms with Gasteiger partial charge >= 0.3 is 0 Å². The third-order valence-corrected chi connectivity index (χ3v) is 28.3. The molecular formula is C96H192O8. The molecule has 8 nitrogen and oxygen atoms in total. The van der Waals surface area contributed by atoms with Crippen LogP contribution in [0.2, 0.25) is 0 Å². The lowest BCUT2D eigenvalue weighted by atomic mass is 9.70. The average Bonchev–Trinajstić information content (AvgIpc) is 0.852. The fourth-order valence-corrected chi connectivity index (χ4v) is 21.7. The van der Waals surface area contributed by atoms with Crippen LogP contribution in [0.1, 0.15) is 423 Å². The highest BCUT2D eigenvalue weighted by Crippen LogP contribution is 2.43. The molecule has 0 heterocycles. The molecule has 8 rings (SSSR count). The molecule has 0 amide bonds. The van der Waals surface area contributed by atoms with Crippen molar-refractivity contribution in [3.8, 4) is 0 Å². The molecule has 8 aliphatic carbocycles. The Morgan fingerprint density at radius 1 is 0.221 bits per heavy atom. The van der Waals surface area contributed by atoms with Gasteiger partial charge in [-0.1, -0.05) is 262 Å². The van der Waals surface area contributed by atoms with E-state index in [0.717, 1.165) is 135 Å². The lowest BCUT2D eigenvalue weighted by molar-refractivity contribution is -0.00568. The Kier molecular flexibility index (Phi) is 56.4. The summed E-state index contributed by atoms with van der Waals surface area (Å²) in [5, 5.41) is 78.9. The van der Waals surface area contributed by atoms with Crippen molar-refractivity contribution in [1.29, 1.82) is 0 Å². The van der Waals surface area contributed by atoms with Gasteiger partial charge in [0.05, 0.1) is 48.8 Å². The zero-order valence-electron chi connectivity index (χ0n) is 74.3. The zero-order valence-corrected chi connectivity index (χ0v) is 74.3. The summed E-state index contributed by atoms with van der Waals surface area (Å²) in [4.78, 5) is 0. The third-order valence-electron chi connectivity index (χ3n) is 28.3. The van der Waals surface area contributed by atoms with Crippen molar-refractivity contribution in [1.82, 2.24) is 0 Å². The summed E-state index contributed by atoms with van der Waals surface area (Å²) >= 11 is 0. The molecule has 0 aromatic carbocycles. The first kappa shape index (κ1) is 102. The van der Waals surface area contributed by atoms with Crippen LogP contribution in [-0.2, 0) is 0 Å². The van der Waals surface area contributed by atoms with Crippen molar-refractivity contribution >= 4 is 0 Å². The molecule has 0 aromatic rings. The predicted octanol–water partition coefficient (Wildman–Crippen LogP) is 25.8. The molecule has 0 aliphatic heterocycles. The van der Waals surface area contributed by atoms with Gasteiger partial charge in [-0.25, -0.2) is 0 Å². The zero-order chi connectivity index (χ0) is 78.8. The molecule has 8 heteroatoms. The van der Waals surface area contributed by atoms with Crippen LogP contribution in [0.15, 0.2) is 0 Å². The standard InChI is InChI=1S/8C12H24O/c1-4-6-10-7-5-8-11(13)12(10)9(2)3;1-4-6-10-7-5-8-11(9(2)3)12(10)13;1-4-5-10-6-11(9(2)3)8-12(13)7-10;1-4-5-11-8-10(9(2)3)6-7-12(11)13;1-4-5-10-8-11(13)6-7-12(10)9(2)3;1-4-5-10-6-7-11(9(2)3)8-12(10)13;1-4-5-10-6-7-12(13)11(8-10)9(2)3;1-4-5-10-6-7-11(9(2)3)12(13)8-10/h8*9-13H,4-8H2,1-3H3. The second-order valence-electron chi connectivity index (χ2n) is 39.4. The van der Waals surface area contributed by atoms with E-state index in [9.17, 15) is 40.9 Å². The van der Waals surface area contributed by atoms with Crippen LogP contribution in [0.4, 0.5) is 0 Å². The van der Waals surface area contributed by atoms with E-state index in [1.54, 1.807) is 0 Å². The first-order valence-electron chi connectivity index (χ1n) is 46.6. The Morgan fingerprint density at radius 2 is 0.663 bits per heavy atom. The maximum atomic E-state index is 10.1. The van der Waals surface area contributed by atoms with Gasteiger partial charge in [0.15, 0.2) is 0 Å². The molecule has 0 saturated heterocycles. The van der Waals surface area contributed by atoms with Crippen LogP contribution in [0.25, 0.3) is 0 Å². The van der Waals surface area contributed by atoms with Crippen LogP contribution in [0.3, 0.4) is 0 Å². The van der Waals surface area contributed by atoms with Gasteiger partial charge < -0.3 is 40.9 Å². The summed E-state index contributed by atoms with van der Waals surface area (Å²) in [5.74, 6) is 17.0. The Hall–Kier alpha value is -0.320. The van der Waals surface area contributed by atoms with Crippen LogP contribution in [0, 0.1) is 142 Å². The molecule has 0 radical (unpaired) electrons. The molecule has 8 N–H and O–H groups in total. The van der Waals surface area contributed by atoms with Crippen molar-refractivity contribution in [2.45, 2.75) is 472 Å². The van der Waals surface area contributed by atoms with Crippen molar-refractivity contribution in [3.63, 3.8) is 0 Å². The Balaban J connectivity index is 0.000000594. The molecule has 104 heavy (non-hydrogen) atoms. The quantitative estimate of drug-likeness (QED) is 0.0474. The Labute approximate surface area is 651 Å². The van der Waals surface area contributed by atoms with E-state index >= 15 is 0 Å². The number of hydrogen-bond donors (Lipinski definition) is 8. The highest BCUT2D eigenvalue weighted by molar-refractivity contribution is 4.88. The minimum atomic E-state index is -0.0229. The largest absolute Gasteiger partial charge is 0.393 e. The van der Waals surface area contributed by atoms with Crippen LogP contribution in [-0.4, -0.2) is 89.7 Å². The minimum Gasteiger partial charge on any atom is -0.393 e. The van der Waals surface area contributed by atoms with Crippen molar-refractivity contribution in [2.24, 2.45) is 142 Å². The molecule has 8 aliphatic rings. The topological polar surface area (TPSA) is 162 Å². The highest BCUT2D eigenvalue weighted by atomic mass is 16.3. The average molecular weight is 1470 g/mol. The van der Waals surface area contributed by atoms with Gasteiger partial charge in [-0.2, -0.15) is 0 Å². The first-order valence-corrected chi connectivity index (χ1v) is 46.6. The van der Waals surface area contributed by atoms with Gasteiger partial charge in [0.1, 0.15) is 0 Å². The summed E-state index contributed by atoms with van der Waals surface area (Å²) in [7, 11) is 0. The molecule has 24 atom stereocenters. The predicted molar refractivity (Wildman–Crippen MR) is 453 cm³/mol. The van der Waals surface area contributed by atoms with Gasteiger partial charge in [0.2, 0.25) is 0 Å². The van der Waals surface area contributed by atoms with Crippen LogP contribution in [0.5, 0.6) is 0 Å².